The molecule has 2 aromatic heterocycles. The number of amides is 8. The molecule has 5 rings (SSSR count). The zero-order valence-electron chi connectivity index (χ0n) is 43.6. The van der Waals surface area contributed by atoms with Crippen LogP contribution in [0.15, 0.2) is 97.5 Å². The molecular weight excluding hydrogens is 1000 g/mol. The summed E-state index contributed by atoms with van der Waals surface area (Å²) >= 11 is 0. The van der Waals surface area contributed by atoms with Crippen LogP contribution in [-0.2, 0) is 60.9 Å². The summed E-state index contributed by atoms with van der Waals surface area (Å²) in [7, 11) is 0. The summed E-state index contributed by atoms with van der Waals surface area (Å²) < 4.78 is 31.8. The second-order valence-corrected chi connectivity index (χ2v) is 19.9. The van der Waals surface area contributed by atoms with Gasteiger partial charge in [-0.25, -0.2) is 8.78 Å². The molecule has 8 amide bonds. The van der Waals surface area contributed by atoms with E-state index in [0.29, 0.717) is 11.3 Å². The maximum absolute atomic E-state index is 15.4. The Morgan fingerprint density at radius 1 is 0.805 bits per heavy atom. The SMILES string of the molecule is C[C@@H](CC(=O)[C@@H](C)NC(=O)Cc1ccncc1)C(=O)N[C@@H](CC(N)=O)C(=O)N[C@@H](CCN(C(=O)CO)[C@@H](c1cc(-c2cc(F)ccc2F)cn1Cc1ccccc1)C(C)(C)C)C(=O)NCCCC(=O)CN1C(=O)C=CC1=O. The van der Waals surface area contributed by atoms with Crippen molar-refractivity contribution in [2.24, 2.45) is 17.1 Å². The van der Waals surface area contributed by atoms with Crippen LogP contribution in [0.2, 0.25) is 0 Å². The van der Waals surface area contributed by atoms with Crippen LogP contribution in [-0.4, -0.2) is 128 Å². The molecule has 0 saturated heterocycles. The van der Waals surface area contributed by atoms with Crippen LogP contribution in [0.3, 0.4) is 0 Å². The number of carbonyl (C=O) groups excluding carboxylic acids is 10. The number of nitrogens with one attached hydrogen (secondary N) is 4. The standard InChI is InChI=1S/C55H65F2N9O11/c1-33(24-45(69)34(2)61-47(71)25-35-17-21-59-22-18-35)52(75)63-43(28-46(58)70)54(77)62-42(53(76)60-20-9-12-39(68)31-66-48(72)15-16-49(66)73)19-23-65(50(74)32-67)51(55(3,4)5)44-26-37(40-27-38(56)13-14-41(40)57)30-64(44)29-36-10-7-6-8-11-36/h6-8,10-11,13-18,21-22,26-27,30,33-34,42-43,51,67H,9,12,19-20,23-25,28-29,31-32H2,1-5H3,(H2,58,70)(H,60,76)(H,61,71)(H,62,77)(H,63,75)/t33-,34+,42-,43-,51-/m0/s1. The van der Waals surface area contributed by atoms with Crippen molar-refractivity contribution in [2.75, 3.05) is 26.2 Å². The van der Waals surface area contributed by atoms with Crippen molar-refractivity contribution >= 4 is 58.8 Å². The molecule has 20 nitrogen and oxygen atoms in total. The number of primary amides is 1. The van der Waals surface area contributed by atoms with Gasteiger partial charge in [0.15, 0.2) is 11.6 Å². The molecule has 0 unspecified atom stereocenters. The first kappa shape index (κ1) is 59.6. The topological polar surface area (TPSA) is 289 Å². The maximum atomic E-state index is 15.4. The number of imide groups is 1. The van der Waals surface area contributed by atoms with Crippen LogP contribution in [0.5, 0.6) is 0 Å². The van der Waals surface area contributed by atoms with Crippen LogP contribution in [0.4, 0.5) is 8.78 Å². The molecule has 2 aromatic carbocycles. The number of aliphatic hydroxyl groups excluding tert-OH is 1. The van der Waals surface area contributed by atoms with E-state index in [1.165, 1.54) is 31.1 Å². The Labute approximate surface area is 444 Å². The van der Waals surface area contributed by atoms with Gasteiger partial charge >= 0.3 is 0 Å². The highest BCUT2D eigenvalue weighted by Gasteiger charge is 2.39. The number of pyridine rings is 1. The summed E-state index contributed by atoms with van der Waals surface area (Å²) in [5, 5.41) is 20.7. The predicted octanol–water partition coefficient (Wildman–Crippen LogP) is 2.75. The average Bonchev–Trinajstić information content (AvgIpc) is 3.93. The number of rotatable bonds is 28. The zero-order chi connectivity index (χ0) is 56.6. The number of ketones is 2. The third kappa shape index (κ3) is 17.4. The number of nitrogens with two attached hydrogens (primary N) is 1. The van der Waals surface area contributed by atoms with E-state index >= 15 is 4.39 Å². The van der Waals surface area contributed by atoms with Gasteiger partial charge in [-0.2, -0.15) is 0 Å². The van der Waals surface area contributed by atoms with Crippen molar-refractivity contribution in [3.05, 3.63) is 126 Å². The Balaban J connectivity index is 1.41. The minimum atomic E-state index is -1.70. The summed E-state index contributed by atoms with van der Waals surface area (Å²) in [5.74, 6) is -9.85. The number of halogens is 2. The molecule has 7 N–H and O–H groups in total. The third-order valence-electron chi connectivity index (χ3n) is 12.7. The predicted molar refractivity (Wildman–Crippen MR) is 276 cm³/mol. The summed E-state index contributed by atoms with van der Waals surface area (Å²) in [5.41, 5.74) is 6.77. The van der Waals surface area contributed by atoms with E-state index in [1.807, 2.05) is 51.1 Å². The Bertz CT molecular complexity index is 2830. The molecule has 0 spiro atoms. The largest absolute Gasteiger partial charge is 0.387 e. The van der Waals surface area contributed by atoms with Gasteiger partial charge in [-0.1, -0.05) is 58.0 Å². The average molecular weight is 1070 g/mol. The summed E-state index contributed by atoms with van der Waals surface area (Å²) in [4.78, 5) is 137. The van der Waals surface area contributed by atoms with Crippen molar-refractivity contribution < 1.29 is 61.8 Å². The molecule has 0 bridgehead atoms. The van der Waals surface area contributed by atoms with E-state index in [2.05, 4.69) is 26.3 Å². The number of hydrogen-bond acceptors (Lipinski definition) is 12. The third-order valence-corrected chi connectivity index (χ3v) is 12.7. The molecule has 4 aromatic rings. The lowest BCUT2D eigenvalue weighted by atomic mass is 9.82. The first-order valence-corrected chi connectivity index (χ1v) is 25.0. The number of nitrogens with zero attached hydrogens (tertiary/aromatic N) is 4. The van der Waals surface area contributed by atoms with E-state index in [4.69, 9.17) is 5.73 Å². The lowest BCUT2D eigenvalue weighted by Gasteiger charge is -2.41. The number of aromatic nitrogens is 2. The fourth-order valence-electron chi connectivity index (χ4n) is 8.73. The van der Waals surface area contributed by atoms with Gasteiger partial charge < -0.3 is 41.6 Å². The number of hydrogen-bond donors (Lipinski definition) is 6. The molecule has 22 heteroatoms. The Morgan fingerprint density at radius 2 is 1.47 bits per heavy atom. The monoisotopic (exact) mass is 1070 g/mol. The van der Waals surface area contributed by atoms with E-state index in [0.717, 1.165) is 40.8 Å². The highest BCUT2D eigenvalue weighted by atomic mass is 19.1. The van der Waals surface area contributed by atoms with Crippen molar-refractivity contribution in [2.45, 2.75) is 104 Å². The van der Waals surface area contributed by atoms with E-state index < -0.39 is 126 Å². The van der Waals surface area contributed by atoms with Crippen LogP contribution in [0.1, 0.15) is 89.6 Å². The first-order chi connectivity index (χ1) is 36.4. The molecule has 0 radical (unpaired) electrons. The van der Waals surface area contributed by atoms with E-state index in [9.17, 15) is 57.4 Å². The van der Waals surface area contributed by atoms with Crippen LogP contribution < -0.4 is 27.0 Å². The second kappa shape index (κ2) is 27.5. The summed E-state index contributed by atoms with van der Waals surface area (Å²) in [6, 6.07) is 11.9. The first-order valence-electron chi connectivity index (χ1n) is 25.0. The van der Waals surface area contributed by atoms with Gasteiger partial charge in [0.05, 0.1) is 31.5 Å². The van der Waals surface area contributed by atoms with Crippen molar-refractivity contribution in [1.82, 2.24) is 40.6 Å². The molecule has 0 fully saturated rings. The lowest BCUT2D eigenvalue weighted by Crippen LogP contribution is -2.56. The van der Waals surface area contributed by atoms with Gasteiger partial charge in [-0.3, -0.25) is 57.8 Å². The smallest absolute Gasteiger partial charge is 0.254 e. The fourth-order valence-corrected chi connectivity index (χ4v) is 8.73. The van der Waals surface area contributed by atoms with Crippen LogP contribution in [0, 0.1) is 23.0 Å². The van der Waals surface area contributed by atoms with Gasteiger partial charge in [0.25, 0.3) is 11.8 Å². The normalized spacial score (nSPS) is 14.2. The fraction of sp³-hybridized carbons (Fsp3) is 0.400. The van der Waals surface area contributed by atoms with Crippen molar-refractivity contribution in [3.8, 4) is 11.1 Å². The zero-order valence-corrected chi connectivity index (χ0v) is 43.6. The molecule has 5 atom stereocenters. The Morgan fingerprint density at radius 3 is 2.10 bits per heavy atom. The number of carbonyl (C=O) groups is 10. The Hall–Kier alpha value is -8.27. The van der Waals surface area contributed by atoms with Gasteiger partial charge in [0.1, 0.15) is 30.3 Å². The molecular formula is C55H65F2N9O11. The quantitative estimate of drug-likeness (QED) is 0.0354. The molecule has 0 aliphatic carbocycles. The molecule has 1 aliphatic rings. The summed E-state index contributed by atoms with van der Waals surface area (Å²) in [6.45, 7) is 6.46. The van der Waals surface area contributed by atoms with Crippen LogP contribution in [0.25, 0.3) is 11.1 Å². The van der Waals surface area contributed by atoms with Gasteiger partial charge in [0.2, 0.25) is 35.4 Å². The molecule has 410 valence electrons. The number of aliphatic hydroxyl groups is 1. The molecule has 77 heavy (non-hydrogen) atoms. The van der Waals surface area contributed by atoms with Crippen molar-refractivity contribution in [3.63, 3.8) is 0 Å². The van der Waals surface area contributed by atoms with Crippen LogP contribution >= 0.6 is 0 Å². The van der Waals surface area contributed by atoms with E-state index in [1.54, 1.807) is 29.0 Å². The maximum Gasteiger partial charge on any atom is 0.254 e. The Kier molecular flexibility index (Phi) is 21.3. The number of benzene rings is 2. The molecule has 3 heterocycles. The lowest BCUT2D eigenvalue weighted by molar-refractivity contribution is -0.141. The van der Waals surface area contributed by atoms with Gasteiger partial charge in [-0.15, -0.1) is 0 Å². The van der Waals surface area contributed by atoms with E-state index in [-0.39, 0.29) is 62.9 Å². The minimum Gasteiger partial charge on any atom is -0.387 e. The minimum absolute atomic E-state index is 0.0206. The highest BCUT2D eigenvalue weighted by Crippen LogP contribution is 2.41. The molecule has 1 aliphatic heterocycles. The van der Waals surface area contributed by atoms with Gasteiger partial charge in [-0.05, 0) is 72.7 Å². The number of Topliss-reactive ketones (excluding diaryl/α,β-unsaturated/α-hetero) is 2. The highest BCUT2D eigenvalue weighted by molar-refractivity contribution is 6.14. The van der Waals surface area contributed by atoms with Crippen molar-refractivity contribution in [1.29, 1.82) is 0 Å². The molecule has 0 saturated carbocycles. The summed E-state index contributed by atoms with van der Waals surface area (Å²) in [6.07, 6.45) is 5.02. The second-order valence-electron chi connectivity index (χ2n) is 19.9. The van der Waals surface area contributed by atoms with Gasteiger partial charge in [0, 0.05) is 86.0 Å².